The Kier molecular flexibility index (Phi) is 6.46. The van der Waals surface area contributed by atoms with Gasteiger partial charge in [-0.05, 0) is 49.6 Å². The summed E-state index contributed by atoms with van der Waals surface area (Å²) in [6.07, 6.45) is 4.98. The minimum absolute atomic E-state index is 0.00706. The van der Waals surface area contributed by atoms with E-state index in [1.807, 2.05) is 12.1 Å². The van der Waals surface area contributed by atoms with Gasteiger partial charge in [0.05, 0.1) is 5.69 Å². The van der Waals surface area contributed by atoms with E-state index in [1.165, 1.54) is 0 Å². The van der Waals surface area contributed by atoms with E-state index < -0.39 is 0 Å². The Hall–Kier alpha value is -3.32. The van der Waals surface area contributed by atoms with Gasteiger partial charge in [0.1, 0.15) is 16.6 Å². The maximum Gasteiger partial charge on any atom is 0.270 e. The average Bonchev–Trinajstić information content (AvgIpc) is 2.81. The molecular weight excluding hydrogens is 428 g/mol. The fourth-order valence-corrected chi connectivity index (χ4v) is 4.23. The molecule has 0 spiro atoms. The summed E-state index contributed by atoms with van der Waals surface area (Å²) in [4.78, 5) is 49.7. The number of benzene rings is 1. The fraction of sp³-hybridized carbons (Fsp3) is 0.292. The number of likely N-dealkylation sites (tertiary alicyclic amines) is 1. The van der Waals surface area contributed by atoms with Gasteiger partial charge in [0.2, 0.25) is 0 Å². The zero-order chi connectivity index (χ0) is 22.7. The SMILES string of the molecule is CC(=O)Cc1ccc(C(=O)N2CCC(c3nc(-c4ccncc4)[nH]c(=O)c3Cl)CC2)cc1. The summed E-state index contributed by atoms with van der Waals surface area (Å²) in [5.41, 5.74) is 2.46. The number of carbonyl (C=O) groups excluding carboxylic acids is 2. The molecule has 0 radical (unpaired) electrons. The van der Waals surface area contributed by atoms with E-state index >= 15 is 0 Å². The third kappa shape index (κ3) is 4.78. The number of pyridine rings is 1. The lowest BCUT2D eigenvalue weighted by molar-refractivity contribution is -0.116. The van der Waals surface area contributed by atoms with Gasteiger partial charge in [-0.15, -0.1) is 0 Å². The van der Waals surface area contributed by atoms with Crippen molar-refractivity contribution >= 4 is 23.3 Å². The number of carbonyl (C=O) groups is 2. The van der Waals surface area contributed by atoms with E-state index in [0.717, 1.165) is 11.1 Å². The predicted octanol–water partition coefficient (Wildman–Crippen LogP) is 3.64. The lowest BCUT2D eigenvalue weighted by Crippen LogP contribution is -2.38. The summed E-state index contributed by atoms with van der Waals surface area (Å²) >= 11 is 6.31. The number of piperidine rings is 1. The molecule has 4 rings (SSSR count). The molecule has 1 amide bonds. The van der Waals surface area contributed by atoms with Crippen LogP contribution in [0, 0.1) is 0 Å². The van der Waals surface area contributed by atoms with Gasteiger partial charge in [-0.1, -0.05) is 23.7 Å². The Morgan fingerprint density at radius 1 is 1.09 bits per heavy atom. The monoisotopic (exact) mass is 450 g/mol. The molecule has 8 heteroatoms. The summed E-state index contributed by atoms with van der Waals surface area (Å²) in [6, 6.07) is 10.7. The predicted molar refractivity (Wildman–Crippen MR) is 122 cm³/mol. The Morgan fingerprint density at radius 3 is 2.38 bits per heavy atom. The minimum Gasteiger partial charge on any atom is -0.339 e. The standard InChI is InChI=1S/C24H23ClN4O3/c1-15(30)14-16-2-4-19(5-3-16)24(32)29-12-8-17(9-13-29)21-20(25)23(31)28-22(27-21)18-6-10-26-11-7-18/h2-7,10-11,17H,8-9,12-14H2,1H3,(H,27,28,31). The number of halogens is 1. The second-order valence-electron chi connectivity index (χ2n) is 7.99. The normalized spacial score (nSPS) is 14.4. The summed E-state index contributed by atoms with van der Waals surface area (Å²) in [6.45, 7) is 2.65. The molecule has 0 aliphatic carbocycles. The molecule has 2 aromatic heterocycles. The van der Waals surface area contributed by atoms with Gasteiger partial charge in [-0.3, -0.25) is 19.4 Å². The van der Waals surface area contributed by atoms with Crippen molar-refractivity contribution in [1.82, 2.24) is 19.9 Å². The molecule has 3 aromatic rings. The van der Waals surface area contributed by atoms with Crippen LogP contribution in [-0.2, 0) is 11.2 Å². The van der Waals surface area contributed by atoms with Gasteiger partial charge < -0.3 is 9.88 Å². The second kappa shape index (κ2) is 9.44. The van der Waals surface area contributed by atoms with Crippen LogP contribution in [0.2, 0.25) is 5.02 Å². The third-order valence-electron chi connectivity index (χ3n) is 5.67. The molecule has 1 fully saturated rings. The van der Waals surface area contributed by atoms with E-state index in [4.69, 9.17) is 11.6 Å². The topological polar surface area (TPSA) is 96.0 Å². The van der Waals surface area contributed by atoms with Gasteiger partial charge in [0.25, 0.3) is 11.5 Å². The van der Waals surface area contributed by atoms with E-state index in [2.05, 4.69) is 15.0 Å². The quantitative estimate of drug-likeness (QED) is 0.640. The van der Waals surface area contributed by atoms with Crippen molar-refractivity contribution in [3.8, 4) is 11.4 Å². The van der Waals surface area contributed by atoms with Crippen molar-refractivity contribution in [2.24, 2.45) is 0 Å². The van der Waals surface area contributed by atoms with Crippen molar-refractivity contribution in [1.29, 1.82) is 0 Å². The Bertz CT molecular complexity index is 1180. The summed E-state index contributed by atoms with van der Waals surface area (Å²) in [7, 11) is 0. The molecule has 1 saturated heterocycles. The fourth-order valence-electron chi connectivity index (χ4n) is 3.98. The van der Waals surface area contributed by atoms with Crippen LogP contribution >= 0.6 is 11.6 Å². The number of rotatable bonds is 5. The maximum atomic E-state index is 12.9. The van der Waals surface area contributed by atoms with Crippen LogP contribution in [0.4, 0.5) is 0 Å². The first-order valence-corrected chi connectivity index (χ1v) is 10.9. The number of nitrogens with one attached hydrogen (secondary N) is 1. The molecule has 3 heterocycles. The van der Waals surface area contributed by atoms with Gasteiger partial charge in [-0.25, -0.2) is 4.98 Å². The molecule has 0 saturated carbocycles. The molecule has 1 aliphatic rings. The summed E-state index contributed by atoms with van der Waals surface area (Å²) < 4.78 is 0. The van der Waals surface area contributed by atoms with E-state index in [-0.39, 0.29) is 28.2 Å². The molecule has 1 aromatic carbocycles. The van der Waals surface area contributed by atoms with Gasteiger partial charge in [0.15, 0.2) is 0 Å². The molecule has 7 nitrogen and oxygen atoms in total. The Morgan fingerprint density at radius 2 is 1.75 bits per heavy atom. The molecule has 164 valence electrons. The first kappa shape index (κ1) is 21.9. The Balaban J connectivity index is 1.47. The van der Waals surface area contributed by atoms with Crippen molar-refractivity contribution in [2.75, 3.05) is 13.1 Å². The van der Waals surface area contributed by atoms with Crippen LogP contribution in [0.25, 0.3) is 11.4 Å². The Labute approximate surface area is 190 Å². The molecule has 0 atom stereocenters. The molecular formula is C24H23ClN4O3. The number of nitrogens with zero attached hydrogens (tertiary/aromatic N) is 3. The van der Waals surface area contributed by atoms with Gasteiger partial charge in [-0.2, -0.15) is 0 Å². The number of Topliss-reactive ketones (excluding diaryl/α,β-unsaturated/α-hetero) is 1. The minimum atomic E-state index is -0.368. The first-order valence-electron chi connectivity index (χ1n) is 10.5. The molecule has 1 N–H and O–H groups in total. The van der Waals surface area contributed by atoms with Crippen molar-refractivity contribution < 1.29 is 9.59 Å². The van der Waals surface area contributed by atoms with Crippen molar-refractivity contribution in [2.45, 2.75) is 32.1 Å². The number of H-pyrrole nitrogens is 1. The smallest absolute Gasteiger partial charge is 0.270 e. The number of ketones is 1. The van der Waals surface area contributed by atoms with Gasteiger partial charge >= 0.3 is 0 Å². The van der Waals surface area contributed by atoms with Crippen LogP contribution in [0.15, 0.2) is 53.6 Å². The summed E-state index contributed by atoms with van der Waals surface area (Å²) in [5.74, 6) is 0.499. The maximum absolute atomic E-state index is 12.9. The van der Waals surface area contributed by atoms with Gasteiger partial charge in [0, 0.05) is 48.9 Å². The van der Waals surface area contributed by atoms with Crippen LogP contribution < -0.4 is 5.56 Å². The molecule has 0 bridgehead atoms. The second-order valence-corrected chi connectivity index (χ2v) is 8.37. The highest BCUT2D eigenvalue weighted by molar-refractivity contribution is 6.31. The lowest BCUT2D eigenvalue weighted by atomic mass is 9.92. The molecule has 0 unspecified atom stereocenters. The number of hydrogen-bond acceptors (Lipinski definition) is 5. The third-order valence-corrected chi connectivity index (χ3v) is 6.03. The van der Waals surface area contributed by atoms with Crippen molar-refractivity contribution in [3.05, 3.63) is 81.0 Å². The lowest BCUT2D eigenvalue weighted by Gasteiger charge is -2.32. The highest BCUT2D eigenvalue weighted by atomic mass is 35.5. The van der Waals surface area contributed by atoms with E-state index in [1.54, 1.807) is 48.5 Å². The van der Waals surface area contributed by atoms with Crippen LogP contribution in [0.1, 0.15) is 47.3 Å². The van der Waals surface area contributed by atoms with Crippen LogP contribution in [0.5, 0.6) is 0 Å². The van der Waals surface area contributed by atoms with Crippen molar-refractivity contribution in [3.63, 3.8) is 0 Å². The number of aromatic nitrogens is 3. The average molecular weight is 451 g/mol. The highest BCUT2D eigenvalue weighted by Gasteiger charge is 2.28. The molecule has 1 aliphatic heterocycles. The first-order chi connectivity index (χ1) is 15.4. The van der Waals surface area contributed by atoms with Crippen LogP contribution in [0.3, 0.4) is 0 Å². The number of aromatic amines is 1. The van der Waals surface area contributed by atoms with Crippen LogP contribution in [-0.4, -0.2) is 44.6 Å². The van der Waals surface area contributed by atoms with E-state index in [0.29, 0.717) is 49.4 Å². The number of hydrogen-bond donors (Lipinski definition) is 1. The largest absolute Gasteiger partial charge is 0.339 e. The zero-order valence-electron chi connectivity index (χ0n) is 17.7. The van der Waals surface area contributed by atoms with E-state index in [9.17, 15) is 14.4 Å². The number of amides is 1. The highest BCUT2D eigenvalue weighted by Crippen LogP contribution is 2.31. The zero-order valence-corrected chi connectivity index (χ0v) is 18.4. The molecule has 32 heavy (non-hydrogen) atoms. The summed E-state index contributed by atoms with van der Waals surface area (Å²) in [5, 5.41) is 0.105.